The molecule has 3 nitrogen and oxygen atoms in total. The van der Waals surface area contributed by atoms with Crippen molar-refractivity contribution < 1.29 is 0 Å². The molecule has 3 aromatic rings. The second-order valence-corrected chi connectivity index (χ2v) is 7.06. The minimum absolute atomic E-state index is 0.0152. The summed E-state index contributed by atoms with van der Waals surface area (Å²) < 4.78 is 1.75. The van der Waals surface area contributed by atoms with E-state index in [1.807, 2.05) is 6.07 Å². The molecule has 1 aromatic heterocycles. The molecule has 0 fully saturated rings. The standard InChI is InChI=1S/C19H15ClN2OS/c1-24-15-5-2-12(3-6-15)10-13-8-9-22-18(13)21-17-7-4-14(20)11-16(17)19(22)23/h2-7,10-11H,8-9H2,1H3/b13-10-. The van der Waals surface area contributed by atoms with Gasteiger partial charge in [-0.25, -0.2) is 4.98 Å². The molecule has 120 valence electrons. The zero-order valence-corrected chi connectivity index (χ0v) is 14.7. The third-order valence-electron chi connectivity index (χ3n) is 4.26. The van der Waals surface area contributed by atoms with Crippen LogP contribution in [0.2, 0.25) is 5.02 Å². The van der Waals surface area contributed by atoms with E-state index in [2.05, 4.69) is 36.6 Å². The van der Waals surface area contributed by atoms with Crippen molar-refractivity contribution in [3.63, 3.8) is 0 Å². The van der Waals surface area contributed by atoms with E-state index >= 15 is 0 Å². The van der Waals surface area contributed by atoms with Crippen molar-refractivity contribution in [1.29, 1.82) is 0 Å². The predicted octanol–water partition coefficient (Wildman–Crippen LogP) is 4.72. The Kier molecular flexibility index (Phi) is 3.94. The highest BCUT2D eigenvalue weighted by Gasteiger charge is 2.20. The van der Waals surface area contributed by atoms with Gasteiger partial charge in [0.2, 0.25) is 0 Å². The molecule has 0 saturated carbocycles. The summed E-state index contributed by atoms with van der Waals surface area (Å²) in [5.41, 5.74) is 2.90. The number of halogens is 1. The Hall–Kier alpha value is -2.04. The molecule has 1 aliphatic heterocycles. The maximum atomic E-state index is 12.7. The molecule has 2 heterocycles. The molecule has 0 amide bonds. The SMILES string of the molecule is CSc1ccc(/C=C2/CCn3c2nc2ccc(Cl)cc2c3=O)cc1. The lowest BCUT2D eigenvalue weighted by atomic mass is 10.1. The molecule has 0 atom stereocenters. The predicted molar refractivity (Wildman–Crippen MR) is 102 cm³/mol. The minimum Gasteiger partial charge on any atom is -0.292 e. The van der Waals surface area contributed by atoms with Crippen LogP contribution in [0, 0.1) is 0 Å². The number of fused-ring (bicyclic) bond motifs is 2. The third kappa shape index (κ3) is 2.66. The molecule has 0 radical (unpaired) electrons. The van der Waals surface area contributed by atoms with Crippen LogP contribution in [0.3, 0.4) is 0 Å². The van der Waals surface area contributed by atoms with Crippen LogP contribution >= 0.6 is 23.4 Å². The molecule has 24 heavy (non-hydrogen) atoms. The number of allylic oxidation sites excluding steroid dienone is 1. The van der Waals surface area contributed by atoms with Gasteiger partial charge in [0.1, 0.15) is 5.82 Å². The van der Waals surface area contributed by atoms with Crippen LogP contribution in [0.4, 0.5) is 0 Å². The molecule has 4 rings (SSSR count). The first-order chi connectivity index (χ1) is 11.7. The van der Waals surface area contributed by atoms with E-state index in [1.165, 1.54) is 4.90 Å². The van der Waals surface area contributed by atoms with Gasteiger partial charge in [0, 0.05) is 16.5 Å². The second-order valence-electron chi connectivity index (χ2n) is 5.75. The summed E-state index contributed by atoms with van der Waals surface area (Å²) in [6.07, 6.45) is 5.00. The topological polar surface area (TPSA) is 34.9 Å². The Bertz CT molecular complexity index is 1020. The molecule has 1 aliphatic rings. The van der Waals surface area contributed by atoms with Crippen LogP contribution in [0.5, 0.6) is 0 Å². The van der Waals surface area contributed by atoms with E-state index < -0.39 is 0 Å². The van der Waals surface area contributed by atoms with Crippen LogP contribution in [0.1, 0.15) is 17.8 Å². The highest BCUT2D eigenvalue weighted by molar-refractivity contribution is 7.98. The van der Waals surface area contributed by atoms with Gasteiger partial charge >= 0.3 is 0 Å². The Morgan fingerprint density at radius 2 is 2.00 bits per heavy atom. The van der Waals surface area contributed by atoms with Gasteiger partial charge in [0.25, 0.3) is 5.56 Å². The van der Waals surface area contributed by atoms with Gasteiger partial charge in [-0.2, -0.15) is 0 Å². The fourth-order valence-corrected chi connectivity index (χ4v) is 3.61. The molecular weight excluding hydrogens is 340 g/mol. The first-order valence-corrected chi connectivity index (χ1v) is 9.31. The van der Waals surface area contributed by atoms with Gasteiger partial charge in [-0.15, -0.1) is 11.8 Å². The quantitative estimate of drug-likeness (QED) is 0.625. The number of hydrogen-bond acceptors (Lipinski definition) is 3. The minimum atomic E-state index is -0.0152. The van der Waals surface area contributed by atoms with E-state index in [4.69, 9.17) is 16.6 Å². The zero-order valence-electron chi connectivity index (χ0n) is 13.1. The molecule has 0 aliphatic carbocycles. The fourth-order valence-electron chi connectivity index (χ4n) is 3.03. The Balaban J connectivity index is 1.83. The smallest absolute Gasteiger partial charge is 0.261 e. The monoisotopic (exact) mass is 354 g/mol. The maximum Gasteiger partial charge on any atom is 0.261 e. The largest absolute Gasteiger partial charge is 0.292 e. The van der Waals surface area contributed by atoms with Gasteiger partial charge in [0.05, 0.1) is 10.9 Å². The molecule has 0 N–H and O–H groups in total. The summed E-state index contributed by atoms with van der Waals surface area (Å²) >= 11 is 7.74. The molecule has 2 aromatic carbocycles. The first kappa shape index (κ1) is 15.5. The van der Waals surface area contributed by atoms with Crippen molar-refractivity contribution in [2.75, 3.05) is 6.26 Å². The van der Waals surface area contributed by atoms with Gasteiger partial charge < -0.3 is 0 Å². The van der Waals surface area contributed by atoms with Crippen molar-refractivity contribution in [3.05, 3.63) is 69.2 Å². The summed E-state index contributed by atoms with van der Waals surface area (Å²) in [5, 5.41) is 1.14. The van der Waals surface area contributed by atoms with E-state index in [0.717, 1.165) is 23.4 Å². The molecule has 0 spiro atoms. The molecule has 0 saturated heterocycles. The number of aromatic nitrogens is 2. The Labute approximate surface area is 149 Å². The number of benzene rings is 2. The normalized spacial score (nSPS) is 15.2. The molecule has 0 unspecified atom stereocenters. The highest BCUT2D eigenvalue weighted by atomic mass is 35.5. The van der Waals surface area contributed by atoms with E-state index in [0.29, 0.717) is 22.5 Å². The van der Waals surface area contributed by atoms with E-state index in [9.17, 15) is 4.79 Å². The maximum absolute atomic E-state index is 12.7. The van der Waals surface area contributed by atoms with Crippen LogP contribution in [-0.4, -0.2) is 15.8 Å². The second kappa shape index (κ2) is 6.11. The van der Waals surface area contributed by atoms with Crippen LogP contribution in [0.25, 0.3) is 22.6 Å². The lowest BCUT2D eigenvalue weighted by Crippen LogP contribution is -2.20. The molecule has 5 heteroatoms. The molecular formula is C19H15ClN2OS. The van der Waals surface area contributed by atoms with Crippen molar-refractivity contribution in [3.8, 4) is 0 Å². The van der Waals surface area contributed by atoms with Gasteiger partial charge in [-0.05, 0) is 60.2 Å². The number of thioether (sulfide) groups is 1. The fraction of sp³-hybridized carbons (Fsp3) is 0.158. The summed E-state index contributed by atoms with van der Waals surface area (Å²) in [6, 6.07) is 13.7. The van der Waals surface area contributed by atoms with Gasteiger partial charge in [-0.1, -0.05) is 23.7 Å². The van der Waals surface area contributed by atoms with Crippen LogP contribution in [-0.2, 0) is 6.54 Å². The van der Waals surface area contributed by atoms with Gasteiger partial charge in [-0.3, -0.25) is 9.36 Å². The third-order valence-corrected chi connectivity index (χ3v) is 5.24. The first-order valence-electron chi connectivity index (χ1n) is 7.71. The van der Waals surface area contributed by atoms with Gasteiger partial charge in [0.15, 0.2) is 0 Å². The lowest BCUT2D eigenvalue weighted by molar-refractivity contribution is 0.725. The van der Waals surface area contributed by atoms with E-state index in [1.54, 1.807) is 28.5 Å². The number of rotatable bonds is 2. The van der Waals surface area contributed by atoms with Crippen molar-refractivity contribution in [2.45, 2.75) is 17.9 Å². The summed E-state index contributed by atoms with van der Waals surface area (Å²) in [4.78, 5) is 18.6. The van der Waals surface area contributed by atoms with Crippen LogP contribution < -0.4 is 5.56 Å². The summed E-state index contributed by atoms with van der Waals surface area (Å²) in [7, 11) is 0. The van der Waals surface area contributed by atoms with Crippen molar-refractivity contribution in [1.82, 2.24) is 9.55 Å². The zero-order chi connectivity index (χ0) is 16.7. The lowest BCUT2D eigenvalue weighted by Gasteiger charge is -2.06. The van der Waals surface area contributed by atoms with Crippen molar-refractivity contribution >= 4 is 45.9 Å². The average molecular weight is 355 g/mol. The van der Waals surface area contributed by atoms with E-state index in [-0.39, 0.29) is 5.56 Å². The van der Waals surface area contributed by atoms with Crippen molar-refractivity contribution in [2.24, 2.45) is 0 Å². The number of hydrogen-bond donors (Lipinski definition) is 0. The summed E-state index contributed by atoms with van der Waals surface area (Å²) in [6.45, 7) is 0.665. The molecule has 0 bridgehead atoms. The average Bonchev–Trinajstić information content (AvgIpc) is 2.99. The highest BCUT2D eigenvalue weighted by Crippen LogP contribution is 2.28. The Morgan fingerprint density at radius 1 is 1.21 bits per heavy atom. The van der Waals surface area contributed by atoms with Crippen LogP contribution in [0.15, 0.2) is 52.2 Å². The summed E-state index contributed by atoms with van der Waals surface area (Å²) in [5.74, 6) is 0.767. The Morgan fingerprint density at radius 3 is 2.75 bits per heavy atom. The number of nitrogens with zero attached hydrogens (tertiary/aromatic N) is 2.